The molecule has 5 nitrogen and oxygen atoms in total. The molecule has 1 amide bonds. The van der Waals surface area contributed by atoms with Crippen molar-refractivity contribution in [1.82, 2.24) is 15.2 Å². The standard InChI is InChI=1S/C9H8N4O/c14-9(7-3-1-2-5-10-7)12-8-4-6-11-13-8/h1-6H,(H2,11,12,13,14). The topological polar surface area (TPSA) is 70.7 Å². The second kappa shape index (κ2) is 3.69. The van der Waals surface area contributed by atoms with Crippen LogP contribution in [0.15, 0.2) is 36.7 Å². The van der Waals surface area contributed by atoms with Crippen molar-refractivity contribution in [2.24, 2.45) is 0 Å². The minimum Gasteiger partial charge on any atom is -0.306 e. The molecule has 2 N–H and O–H groups in total. The third-order valence-electron chi connectivity index (χ3n) is 1.65. The lowest BCUT2D eigenvalue weighted by Crippen LogP contribution is -2.13. The van der Waals surface area contributed by atoms with Gasteiger partial charge in [-0.1, -0.05) is 6.07 Å². The van der Waals surface area contributed by atoms with Crippen LogP contribution in [0.2, 0.25) is 0 Å². The van der Waals surface area contributed by atoms with E-state index < -0.39 is 0 Å². The van der Waals surface area contributed by atoms with Gasteiger partial charge >= 0.3 is 0 Å². The van der Waals surface area contributed by atoms with Crippen LogP contribution in [-0.2, 0) is 0 Å². The average molecular weight is 188 g/mol. The van der Waals surface area contributed by atoms with Gasteiger partial charge in [-0.3, -0.25) is 14.9 Å². The fourth-order valence-corrected chi connectivity index (χ4v) is 1.01. The average Bonchev–Trinajstić information content (AvgIpc) is 2.72. The van der Waals surface area contributed by atoms with Crippen molar-refractivity contribution < 1.29 is 4.79 Å². The summed E-state index contributed by atoms with van der Waals surface area (Å²) in [6.45, 7) is 0. The number of hydrogen-bond acceptors (Lipinski definition) is 3. The number of carbonyl (C=O) groups excluding carboxylic acids is 1. The second-order valence-corrected chi connectivity index (χ2v) is 2.64. The Labute approximate surface area is 80.2 Å². The minimum absolute atomic E-state index is 0.255. The highest BCUT2D eigenvalue weighted by molar-refractivity contribution is 6.02. The molecule has 0 aliphatic carbocycles. The van der Waals surface area contributed by atoms with Gasteiger partial charge in [0.2, 0.25) is 0 Å². The van der Waals surface area contributed by atoms with Gasteiger partial charge in [0.1, 0.15) is 11.5 Å². The molecule has 2 rings (SSSR count). The predicted molar refractivity (Wildman–Crippen MR) is 50.8 cm³/mol. The predicted octanol–water partition coefficient (Wildman–Crippen LogP) is 1.06. The number of aromatic nitrogens is 3. The minimum atomic E-state index is -0.255. The van der Waals surface area contributed by atoms with Crippen molar-refractivity contribution in [3.8, 4) is 0 Å². The van der Waals surface area contributed by atoms with Gasteiger partial charge in [-0.15, -0.1) is 0 Å². The number of anilines is 1. The van der Waals surface area contributed by atoms with Crippen LogP contribution in [0.4, 0.5) is 5.82 Å². The van der Waals surface area contributed by atoms with Crippen LogP contribution in [0.3, 0.4) is 0 Å². The quantitative estimate of drug-likeness (QED) is 0.740. The van der Waals surface area contributed by atoms with Crippen LogP contribution in [-0.4, -0.2) is 21.1 Å². The molecule has 5 heteroatoms. The largest absolute Gasteiger partial charge is 0.306 e. The van der Waals surface area contributed by atoms with E-state index in [-0.39, 0.29) is 5.91 Å². The molecule has 14 heavy (non-hydrogen) atoms. The molecule has 2 aromatic heterocycles. The van der Waals surface area contributed by atoms with E-state index in [1.165, 1.54) is 0 Å². The van der Waals surface area contributed by atoms with Crippen LogP contribution in [0, 0.1) is 0 Å². The molecule has 2 aromatic rings. The highest BCUT2D eigenvalue weighted by atomic mass is 16.1. The Morgan fingerprint density at radius 3 is 2.86 bits per heavy atom. The van der Waals surface area contributed by atoms with Crippen LogP contribution in [0.25, 0.3) is 0 Å². The third kappa shape index (κ3) is 1.77. The van der Waals surface area contributed by atoms with Gasteiger partial charge in [0, 0.05) is 12.3 Å². The van der Waals surface area contributed by atoms with Gasteiger partial charge in [-0.25, -0.2) is 0 Å². The molecule has 0 saturated heterocycles. The molecule has 0 radical (unpaired) electrons. The molecular weight excluding hydrogens is 180 g/mol. The summed E-state index contributed by atoms with van der Waals surface area (Å²) in [5, 5.41) is 8.96. The Kier molecular flexibility index (Phi) is 2.22. The monoisotopic (exact) mass is 188 g/mol. The van der Waals surface area contributed by atoms with Crippen molar-refractivity contribution >= 4 is 11.7 Å². The highest BCUT2D eigenvalue weighted by Crippen LogP contribution is 2.02. The van der Waals surface area contributed by atoms with Gasteiger partial charge < -0.3 is 5.32 Å². The Hall–Kier alpha value is -2.17. The lowest BCUT2D eigenvalue weighted by Gasteiger charge is -1.99. The van der Waals surface area contributed by atoms with E-state index in [0.29, 0.717) is 11.5 Å². The summed E-state index contributed by atoms with van der Waals surface area (Å²) in [4.78, 5) is 15.4. The molecule has 70 valence electrons. The molecule has 0 saturated carbocycles. The van der Waals surface area contributed by atoms with Crippen LogP contribution < -0.4 is 5.32 Å². The SMILES string of the molecule is O=C(Nc1ccn[nH]1)c1ccccn1. The first-order valence-corrected chi connectivity index (χ1v) is 4.08. The lowest BCUT2D eigenvalue weighted by atomic mass is 10.3. The zero-order valence-electron chi connectivity index (χ0n) is 7.27. The third-order valence-corrected chi connectivity index (χ3v) is 1.65. The van der Waals surface area contributed by atoms with Gasteiger partial charge in [0.15, 0.2) is 0 Å². The van der Waals surface area contributed by atoms with Crippen molar-refractivity contribution in [3.63, 3.8) is 0 Å². The molecule has 0 aromatic carbocycles. The molecular formula is C9H8N4O. The van der Waals surface area contributed by atoms with E-state index >= 15 is 0 Å². The van der Waals surface area contributed by atoms with Crippen molar-refractivity contribution in [2.45, 2.75) is 0 Å². The first-order valence-electron chi connectivity index (χ1n) is 4.08. The van der Waals surface area contributed by atoms with E-state index in [2.05, 4.69) is 20.5 Å². The number of nitrogens with zero attached hydrogens (tertiary/aromatic N) is 2. The van der Waals surface area contributed by atoms with Crippen molar-refractivity contribution in [2.75, 3.05) is 5.32 Å². The number of H-pyrrole nitrogens is 1. The second-order valence-electron chi connectivity index (χ2n) is 2.64. The van der Waals surface area contributed by atoms with Crippen LogP contribution in [0.5, 0.6) is 0 Å². The van der Waals surface area contributed by atoms with E-state index in [0.717, 1.165) is 0 Å². The maximum absolute atomic E-state index is 11.5. The van der Waals surface area contributed by atoms with Crippen molar-refractivity contribution in [3.05, 3.63) is 42.4 Å². The number of nitrogens with one attached hydrogen (secondary N) is 2. The molecule has 0 bridgehead atoms. The Bertz CT molecular complexity index is 410. The number of aromatic amines is 1. The zero-order valence-corrected chi connectivity index (χ0v) is 7.27. The number of pyridine rings is 1. The molecule has 0 aliphatic rings. The Morgan fingerprint density at radius 2 is 2.21 bits per heavy atom. The maximum atomic E-state index is 11.5. The van der Waals surface area contributed by atoms with Gasteiger partial charge in [-0.05, 0) is 12.1 Å². The summed E-state index contributed by atoms with van der Waals surface area (Å²) < 4.78 is 0. The van der Waals surface area contributed by atoms with E-state index in [9.17, 15) is 4.79 Å². The maximum Gasteiger partial charge on any atom is 0.275 e. The normalized spacial score (nSPS) is 9.71. The number of rotatable bonds is 2. The fourth-order valence-electron chi connectivity index (χ4n) is 1.01. The molecule has 0 spiro atoms. The van der Waals surface area contributed by atoms with Crippen LogP contribution >= 0.6 is 0 Å². The number of amides is 1. The molecule has 0 atom stereocenters. The Balaban J connectivity index is 2.11. The van der Waals surface area contributed by atoms with Gasteiger partial charge in [-0.2, -0.15) is 5.10 Å². The van der Waals surface area contributed by atoms with Gasteiger partial charge in [0.25, 0.3) is 5.91 Å². The van der Waals surface area contributed by atoms with E-state index in [1.807, 2.05) is 0 Å². The highest BCUT2D eigenvalue weighted by Gasteiger charge is 2.06. The van der Waals surface area contributed by atoms with Crippen molar-refractivity contribution in [1.29, 1.82) is 0 Å². The van der Waals surface area contributed by atoms with Gasteiger partial charge in [0.05, 0.1) is 6.20 Å². The number of carbonyl (C=O) groups is 1. The summed E-state index contributed by atoms with van der Waals surface area (Å²) >= 11 is 0. The summed E-state index contributed by atoms with van der Waals surface area (Å²) in [6, 6.07) is 6.83. The Morgan fingerprint density at radius 1 is 1.29 bits per heavy atom. The molecule has 0 fully saturated rings. The van der Waals surface area contributed by atoms with Crippen LogP contribution in [0.1, 0.15) is 10.5 Å². The van der Waals surface area contributed by atoms with E-state index in [1.54, 1.807) is 36.7 Å². The first-order chi connectivity index (χ1) is 6.86. The summed E-state index contributed by atoms with van der Waals surface area (Å²) in [7, 11) is 0. The lowest BCUT2D eigenvalue weighted by molar-refractivity contribution is 0.102. The molecule has 2 heterocycles. The molecule has 0 aliphatic heterocycles. The summed E-state index contributed by atoms with van der Waals surface area (Å²) in [5.41, 5.74) is 0.377. The first kappa shape index (κ1) is 8.43. The smallest absolute Gasteiger partial charge is 0.275 e. The summed E-state index contributed by atoms with van der Waals surface area (Å²) in [6.07, 6.45) is 3.13. The zero-order chi connectivity index (χ0) is 9.80. The van der Waals surface area contributed by atoms with E-state index in [4.69, 9.17) is 0 Å². The molecule has 0 unspecified atom stereocenters. The fraction of sp³-hybridized carbons (Fsp3) is 0. The summed E-state index contributed by atoms with van der Waals surface area (Å²) in [5.74, 6) is 0.301. The number of hydrogen-bond donors (Lipinski definition) is 2.